The molecule has 1 aromatic rings. The Hall–Kier alpha value is -1.64. The van der Waals surface area contributed by atoms with E-state index < -0.39 is 5.41 Å². The molecule has 1 saturated carbocycles. The molecule has 0 spiro atoms. The fourth-order valence-electron chi connectivity index (χ4n) is 3.33. The van der Waals surface area contributed by atoms with Gasteiger partial charge in [0.15, 0.2) is 0 Å². The van der Waals surface area contributed by atoms with Crippen molar-refractivity contribution in [3.05, 3.63) is 46.8 Å². The molecule has 0 saturated heterocycles. The Kier molecular flexibility index (Phi) is 3.15. The molecule has 0 bridgehead atoms. The molecular formula is C17H19FO2. The largest absolute Gasteiger partial charge is 0.468 e. The average molecular weight is 274 g/mol. The topological polar surface area (TPSA) is 26.3 Å². The lowest BCUT2D eigenvalue weighted by Crippen LogP contribution is -2.34. The van der Waals surface area contributed by atoms with Crippen molar-refractivity contribution in [3.8, 4) is 0 Å². The van der Waals surface area contributed by atoms with Gasteiger partial charge in [-0.3, -0.25) is 4.79 Å². The van der Waals surface area contributed by atoms with Crippen LogP contribution < -0.4 is 0 Å². The maximum atomic E-state index is 13.9. The van der Waals surface area contributed by atoms with Crippen molar-refractivity contribution in [2.45, 2.75) is 38.0 Å². The predicted octanol–water partition coefficient (Wildman–Crippen LogP) is 3.68. The van der Waals surface area contributed by atoms with E-state index in [9.17, 15) is 9.18 Å². The number of methoxy groups -OCH3 is 1. The summed E-state index contributed by atoms with van der Waals surface area (Å²) < 4.78 is 18.9. The third-order valence-electron chi connectivity index (χ3n) is 4.64. The van der Waals surface area contributed by atoms with E-state index in [1.54, 1.807) is 13.0 Å². The molecular weight excluding hydrogens is 255 g/mol. The normalized spacial score (nSPS) is 25.4. The van der Waals surface area contributed by atoms with E-state index >= 15 is 0 Å². The minimum atomic E-state index is -0.793. The van der Waals surface area contributed by atoms with Gasteiger partial charge in [-0.1, -0.05) is 23.8 Å². The molecule has 1 atom stereocenters. The van der Waals surface area contributed by atoms with Crippen molar-refractivity contribution in [3.63, 3.8) is 0 Å². The second-order valence-corrected chi connectivity index (χ2v) is 5.87. The first kappa shape index (κ1) is 13.3. The van der Waals surface area contributed by atoms with E-state index in [2.05, 4.69) is 6.08 Å². The van der Waals surface area contributed by atoms with Gasteiger partial charge in [-0.2, -0.15) is 0 Å². The minimum Gasteiger partial charge on any atom is -0.468 e. The number of allylic oxidation sites excluding steroid dienone is 1. The maximum absolute atomic E-state index is 13.9. The van der Waals surface area contributed by atoms with Gasteiger partial charge in [0.1, 0.15) is 11.2 Å². The summed E-state index contributed by atoms with van der Waals surface area (Å²) in [5.74, 6) is 0.0938. The van der Waals surface area contributed by atoms with E-state index in [1.807, 2.05) is 6.07 Å². The Morgan fingerprint density at radius 1 is 1.40 bits per heavy atom. The number of halogens is 1. The lowest BCUT2D eigenvalue weighted by molar-refractivity contribution is -0.145. The predicted molar refractivity (Wildman–Crippen MR) is 74.9 cm³/mol. The third kappa shape index (κ3) is 1.96. The average Bonchev–Trinajstić information content (AvgIpc) is 3.21. The highest BCUT2D eigenvalue weighted by molar-refractivity contribution is 5.87. The Morgan fingerprint density at radius 2 is 2.15 bits per heavy atom. The van der Waals surface area contributed by atoms with Crippen molar-refractivity contribution in [2.75, 3.05) is 7.11 Å². The number of carbonyl (C=O) groups is 1. The number of benzene rings is 1. The Morgan fingerprint density at radius 3 is 2.80 bits per heavy atom. The summed E-state index contributed by atoms with van der Waals surface area (Å²) in [6.07, 6.45) is 6.08. The summed E-state index contributed by atoms with van der Waals surface area (Å²) in [7, 11) is 1.40. The van der Waals surface area contributed by atoms with Crippen LogP contribution >= 0.6 is 0 Å². The first-order valence-electron chi connectivity index (χ1n) is 7.14. The minimum absolute atomic E-state index is 0.265. The zero-order valence-corrected chi connectivity index (χ0v) is 11.9. The lowest BCUT2D eigenvalue weighted by atomic mass is 9.78. The van der Waals surface area contributed by atoms with Crippen molar-refractivity contribution in [1.82, 2.24) is 0 Å². The van der Waals surface area contributed by atoms with Gasteiger partial charge in [0.2, 0.25) is 0 Å². The summed E-state index contributed by atoms with van der Waals surface area (Å²) in [6, 6.07) is 4.96. The Bertz CT molecular complexity index is 587. The zero-order valence-electron chi connectivity index (χ0n) is 11.9. The number of hydrogen-bond acceptors (Lipinski definition) is 2. The standard InChI is InChI=1S/C17H19FO2/c1-11-14(4-3-5-15(11)18)17(16(19)20-2)9-8-13(10-17)12-6-7-12/h3-5,10,12H,6-9H2,1-2H3/t17-/m0/s1. The van der Waals surface area contributed by atoms with Gasteiger partial charge in [-0.15, -0.1) is 0 Å². The van der Waals surface area contributed by atoms with E-state index in [-0.39, 0.29) is 11.8 Å². The highest BCUT2D eigenvalue weighted by Gasteiger charge is 2.46. The summed E-state index contributed by atoms with van der Waals surface area (Å²) in [5, 5.41) is 0. The molecule has 0 aliphatic heterocycles. The van der Waals surface area contributed by atoms with Gasteiger partial charge in [0, 0.05) is 0 Å². The van der Waals surface area contributed by atoms with Crippen LogP contribution in [0.15, 0.2) is 29.8 Å². The molecule has 2 nitrogen and oxygen atoms in total. The van der Waals surface area contributed by atoms with Crippen LogP contribution in [0.4, 0.5) is 4.39 Å². The zero-order chi connectivity index (χ0) is 14.3. The van der Waals surface area contributed by atoms with Gasteiger partial charge >= 0.3 is 5.97 Å². The van der Waals surface area contributed by atoms with Crippen LogP contribution in [0.1, 0.15) is 36.8 Å². The van der Waals surface area contributed by atoms with Crippen LogP contribution in [0, 0.1) is 18.7 Å². The van der Waals surface area contributed by atoms with Gasteiger partial charge in [0.05, 0.1) is 7.11 Å². The fourth-order valence-corrected chi connectivity index (χ4v) is 3.33. The lowest BCUT2D eigenvalue weighted by Gasteiger charge is -2.26. The number of esters is 1. The highest BCUT2D eigenvalue weighted by Crippen LogP contribution is 2.49. The second-order valence-electron chi connectivity index (χ2n) is 5.87. The molecule has 2 aliphatic rings. The van der Waals surface area contributed by atoms with Crippen molar-refractivity contribution < 1.29 is 13.9 Å². The molecule has 0 unspecified atom stereocenters. The number of carbonyl (C=O) groups excluding carboxylic acids is 1. The SMILES string of the molecule is COC(=O)[C@]1(c2cccc(F)c2C)C=C(C2CC2)CC1. The number of ether oxygens (including phenoxy) is 1. The van der Waals surface area contributed by atoms with Crippen molar-refractivity contribution in [1.29, 1.82) is 0 Å². The van der Waals surface area contributed by atoms with Crippen LogP contribution in [0.5, 0.6) is 0 Å². The fraction of sp³-hybridized carbons (Fsp3) is 0.471. The maximum Gasteiger partial charge on any atom is 0.320 e. The molecule has 1 fully saturated rings. The van der Waals surface area contributed by atoms with Gasteiger partial charge in [0.25, 0.3) is 0 Å². The van der Waals surface area contributed by atoms with Crippen LogP contribution in [-0.4, -0.2) is 13.1 Å². The molecule has 2 aliphatic carbocycles. The second kappa shape index (κ2) is 4.72. The molecule has 20 heavy (non-hydrogen) atoms. The van der Waals surface area contributed by atoms with Gasteiger partial charge < -0.3 is 4.74 Å². The van der Waals surface area contributed by atoms with Crippen LogP contribution in [0.2, 0.25) is 0 Å². The summed E-state index contributed by atoms with van der Waals surface area (Å²) in [4.78, 5) is 12.4. The number of hydrogen-bond donors (Lipinski definition) is 0. The number of rotatable bonds is 3. The van der Waals surface area contributed by atoms with Crippen LogP contribution in [-0.2, 0) is 14.9 Å². The van der Waals surface area contributed by atoms with E-state index in [0.717, 1.165) is 12.0 Å². The first-order valence-corrected chi connectivity index (χ1v) is 7.14. The van der Waals surface area contributed by atoms with Crippen LogP contribution in [0.25, 0.3) is 0 Å². The smallest absolute Gasteiger partial charge is 0.320 e. The van der Waals surface area contributed by atoms with Crippen molar-refractivity contribution >= 4 is 5.97 Å². The van der Waals surface area contributed by atoms with Gasteiger partial charge in [-0.25, -0.2) is 4.39 Å². The Balaban J connectivity index is 2.12. The summed E-state index contributed by atoms with van der Waals surface area (Å²) >= 11 is 0. The molecule has 0 radical (unpaired) electrons. The quantitative estimate of drug-likeness (QED) is 0.621. The molecule has 0 heterocycles. The molecule has 0 amide bonds. The first-order chi connectivity index (χ1) is 9.58. The molecule has 0 aromatic heterocycles. The van der Waals surface area contributed by atoms with E-state index in [1.165, 1.54) is 31.6 Å². The molecule has 3 rings (SSSR count). The molecule has 0 N–H and O–H groups in total. The van der Waals surface area contributed by atoms with E-state index in [4.69, 9.17) is 4.74 Å². The van der Waals surface area contributed by atoms with Crippen molar-refractivity contribution in [2.24, 2.45) is 5.92 Å². The molecule has 1 aromatic carbocycles. The summed E-state index contributed by atoms with van der Waals surface area (Å²) in [6.45, 7) is 1.73. The summed E-state index contributed by atoms with van der Waals surface area (Å²) in [5.41, 5.74) is 1.85. The van der Waals surface area contributed by atoms with E-state index in [0.29, 0.717) is 17.9 Å². The van der Waals surface area contributed by atoms with Crippen LogP contribution in [0.3, 0.4) is 0 Å². The highest BCUT2D eigenvalue weighted by atomic mass is 19.1. The third-order valence-corrected chi connectivity index (χ3v) is 4.64. The Labute approximate surface area is 118 Å². The van der Waals surface area contributed by atoms with Gasteiger partial charge in [-0.05, 0) is 55.7 Å². The molecule has 106 valence electrons. The monoisotopic (exact) mass is 274 g/mol. The molecule has 3 heteroatoms.